The van der Waals surface area contributed by atoms with Crippen molar-refractivity contribution in [3.8, 4) is 5.75 Å². The van der Waals surface area contributed by atoms with Crippen molar-refractivity contribution in [3.05, 3.63) is 52.5 Å². The summed E-state index contributed by atoms with van der Waals surface area (Å²) in [6.45, 7) is 0. The zero-order chi connectivity index (χ0) is 16.1. The summed E-state index contributed by atoms with van der Waals surface area (Å²) < 4.78 is 5.26. The van der Waals surface area contributed by atoms with Crippen LogP contribution in [0.5, 0.6) is 5.75 Å². The molecule has 0 saturated heterocycles. The summed E-state index contributed by atoms with van der Waals surface area (Å²) in [5.74, 6) is 0.233. The number of para-hydroxylation sites is 2. The quantitative estimate of drug-likeness (QED) is 0.723. The molecule has 0 saturated carbocycles. The van der Waals surface area contributed by atoms with Crippen LogP contribution in [0.2, 0.25) is 0 Å². The van der Waals surface area contributed by atoms with E-state index in [9.17, 15) is 4.79 Å². The molecule has 8 heteroatoms. The van der Waals surface area contributed by atoms with Crippen molar-refractivity contribution in [3.63, 3.8) is 0 Å². The van der Waals surface area contributed by atoms with Gasteiger partial charge in [0.1, 0.15) is 11.7 Å². The Labute approximate surface area is 136 Å². The van der Waals surface area contributed by atoms with E-state index in [2.05, 4.69) is 25.9 Å². The summed E-state index contributed by atoms with van der Waals surface area (Å²) in [5, 5.41) is 18.7. The largest absolute Gasteiger partial charge is 0.495 e. The summed E-state index contributed by atoms with van der Waals surface area (Å²) >= 11 is 1.59. The number of benzene rings is 1. The van der Waals surface area contributed by atoms with E-state index >= 15 is 0 Å². The molecule has 0 bridgehead atoms. The number of aromatic nitrogens is 4. The van der Waals surface area contributed by atoms with Crippen LogP contribution in [-0.4, -0.2) is 33.6 Å². The topological polar surface area (TPSA) is 92.8 Å². The average molecular weight is 329 g/mol. The molecule has 2 heterocycles. The molecular weight excluding hydrogens is 314 g/mol. The Kier molecular flexibility index (Phi) is 4.62. The molecule has 0 radical (unpaired) electrons. The average Bonchev–Trinajstić information content (AvgIpc) is 3.26. The first-order valence-electron chi connectivity index (χ1n) is 6.97. The van der Waals surface area contributed by atoms with Gasteiger partial charge in [-0.3, -0.25) is 4.79 Å². The molecule has 7 nitrogen and oxygen atoms in total. The highest BCUT2D eigenvalue weighted by atomic mass is 32.1. The molecule has 3 aromatic rings. The van der Waals surface area contributed by atoms with Crippen molar-refractivity contribution < 1.29 is 9.53 Å². The van der Waals surface area contributed by atoms with Crippen LogP contribution >= 0.6 is 11.3 Å². The van der Waals surface area contributed by atoms with Crippen LogP contribution in [0.1, 0.15) is 16.6 Å². The van der Waals surface area contributed by atoms with E-state index < -0.39 is 5.92 Å². The maximum Gasteiger partial charge on any atom is 0.235 e. The highest BCUT2D eigenvalue weighted by molar-refractivity contribution is 7.09. The molecule has 118 valence electrons. The highest BCUT2D eigenvalue weighted by Crippen LogP contribution is 2.26. The molecule has 1 atom stereocenters. The summed E-state index contributed by atoms with van der Waals surface area (Å²) in [6, 6.07) is 11.2. The third-order valence-corrected chi connectivity index (χ3v) is 4.24. The van der Waals surface area contributed by atoms with Crippen LogP contribution in [-0.2, 0) is 11.2 Å². The Morgan fingerprint density at radius 2 is 2.22 bits per heavy atom. The van der Waals surface area contributed by atoms with E-state index in [-0.39, 0.29) is 5.91 Å². The molecular formula is C15H15N5O2S. The predicted octanol–water partition coefficient (Wildman–Crippen LogP) is 2.23. The van der Waals surface area contributed by atoms with E-state index in [4.69, 9.17) is 4.74 Å². The normalized spacial score (nSPS) is 11.9. The van der Waals surface area contributed by atoms with Gasteiger partial charge in [-0.2, -0.15) is 5.21 Å². The lowest BCUT2D eigenvalue weighted by Crippen LogP contribution is -2.24. The lowest BCUT2D eigenvalue weighted by molar-refractivity contribution is -0.117. The molecule has 0 aliphatic carbocycles. The fourth-order valence-electron chi connectivity index (χ4n) is 2.22. The molecule has 23 heavy (non-hydrogen) atoms. The lowest BCUT2D eigenvalue weighted by Gasteiger charge is -2.14. The van der Waals surface area contributed by atoms with Crippen LogP contribution in [0.25, 0.3) is 0 Å². The minimum atomic E-state index is -0.530. The maximum absolute atomic E-state index is 12.7. The minimum absolute atomic E-state index is 0.204. The number of aromatic amines is 1. The number of amides is 1. The Morgan fingerprint density at radius 3 is 2.91 bits per heavy atom. The van der Waals surface area contributed by atoms with Crippen molar-refractivity contribution in [2.75, 3.05) is 12.4 Å². The number of rotatable bonds is 6. The number of tetrazole rings is 1. The van der Waals surface area contributed by atoms with E-state index in [0.29, 0.717) is 23.7 Å². The van der Waals surface area contributed by atoms with Gasteiger partial charge in [-0.1, -0.05) is 23.4 Å². The number of H-pyrrole nitrogens is 1. The zero-order valence-electron chi connectivity index (χ0n) is 12.4. The molecule has 0 aliphatic heterocycles. The number of carbonyl (C=O) groups is 1. The van der Waals surface area contributed by atoms with Crippen molar-refractivity contribution >= 4 is 22.9 Å². The predicted molar refractivity (Wildman–Crippen MR) is 86.6 cm³/mol. The van der Waals surface area contributed by atoms with Gasteiger partial charge in [-0.25, -0.2) is 0 Å². The molecule has 1 unspecified atom stereocenters. The SMILES string of the molecule is COc1ccccc1NC(=O)C(Cc1cccs1)c1nn[nH]n1. The fourth-order valence-corrected chi connectivity index (χ4v) is 2.97. The van der Waals surface area contributed by atoms with Crippen LogP contribution in [0, 0.1) is 0 Å². The number of carbonyl (C=O) groups excluding carboxylic acids is 1. The lowest BCUT2D eigenvalue weighted by atomic mass is 10.0. The molecule has 0 spiro atoms. The number of methoxy groups -OCH3 is 1. The second kappa shape index (κ2) is 7.01. The number of nitrogens with zero attached hydrogens (tertiary/aromatic N) is 3. The van der Waals surface area contributed by atoms with Crippen LogP contribution in [0.15, 0.2) is 41.8 Å². The van der Waals surface area contributed by atoms with Crippen LogP contribution in [0.3, 0.4) is 0 Å². The summed E-state index contributed by atoms with van der Waals surface area (Å²) in [5.41, 5.74) is 0.611. The van der Waals surface area contributed by atoms with Gasteiger partial charge in [-0.05, 0) is 23.6 Å². The summed E-state index contributed by atoms with van der Waals surface area (Å²) in [4.78, 5) is 13.8. The van der Waals surface area contributed by atoms with Crippen molar-refractivity contribution in [1.29, 1.82) is 0 Å². The number of anilines is 1. The van der Waals surface area contributed by atoms with Gasteiger partial charge in [0.15, 0.2) is 5.82 Å². The first-order valence-corrected chi connectivity index (χ1v) is 7.85. The second-order valence-corrected chi connectivity index (χ2v) is 5.83. The van der Waals surface area contributed by atoms with Gasteiger partial charge < -0.3 is 10.1 Å². The molecule has 0 aliphatic rings. The Hall–Kier alpha value is -2.74. The van der Waals surface area contributed by atoms with Crippen molar-refractivity contribution in [2.24, 2.45) is 0 Å². The monoisotopic (exact) mass is 329 g/mol. The number of hydrogen-bond donors (Lipinski definition) is 2. The van der Waals surface area contributed by atoms with Gasteiger partial charge >= 0.3 is 0 Å². The van der Waals surface area contributed by atoms with Gasteiger partial charge in [0, 0.05) is 11.3 Å². The molecule has 3 rings (SSSR count). The molecule has 2 aromatic heterocycles. The van der Waals surface area contributed by atoms with E-state index in [1.165, 1.54) is 0 Å². The van der Waals surface area contributed by atoms with Gasteiger partial charge in [0.05, 0.1) is 12.8 Å². The first-order chi connectivity index (χ1) is 11.3. The van der Waals surface area contributed by atoms with E-state index in [1.807, 2.05) is 29.6 Å². The van der Waals surface area contributed by atoms with Gasteiger partial charge in [-0.15, -0.1) is 21.5 Å². The van der Waals surface area contributed by atoms with Gasteiger partial charge in [0.2, 0.25) is 5.91 Å². The Balaban J connectivity index is 1.83. The Bertz CT molecular complexity index is 758. The second-order valence-electron chi connectivity index (χ2n) is 4.80. The van der Waals surface area contributed by atoms with E-state index in [1.54, 1.807) is 30.6 Å². The number of nitrogens with one attached hydrogen (secondary N) is 2. The molecule has 1 amide bonds. The van der Waals surface area contributed by atoms with Crippen LogP contribution in [0.4, 0.5) is 5.69 Å². The maximum atomic E-state index is 12.7. The third-order valence-electron chi connectivity index (χ3n) is 3.34. The Morgan fingerprint density at radius 1 is 1.35 bits per heavy atom. The van der Waals surface area contributed by atoms with Crippen molar-refractivity contribution in [2.45, 2.75) is 12.3 Å². The van der Waals surface area contributed by atoms with Crippen LogP contribution < -0.4 is 10.1 Å². The highest BCUT2D eigenvalue weighted by Gasteiger charge is 2.26. The van der Waals surface area contributed by atoms with Gasteiger partial charge in [0.25, 0.3) is 0 Å². The molecule has 1 aromatic carbocycles. The smallest absolute Gasteiger partial charge is 0.235 e. The first kappa shape index (κ1) is 15.2. The zero-order valence-corrected chi connectivity index (χ0v) is 13.2. The van der Waals surface area contributed by atoms with Crippen molar-refractivity contribution in [1.82, 2.24) is 20.6 Å². The third kappa shape index (κ3) is 3.54. The summed E-state index contributed by atoms with van der Waals surface area (Å²) in [7, 11) is 1.56. The number of ether oxygens (including phenoxy) is 1. The summed E-state index contributed by atoms with van der Waals surface area (Å²) in [6.07, 6.45) is 0.512. The number of hydrogen-bond acceptors (Lipinski definition) is 6. The number of thiophene rings is 1. The molecule has 2 N–H and O–H groups in total. The van der Waals surface area contributed by atoms with E-state index in [0.717, 1.165) is 4.88 Å². The molecule has 0 fully saturated rings. The minimum Gasteiger partial charge on any atom is -0.495 e. The fraction of sp³-hybridized carbons (Fsp3) is 0.200. The standard InChI is InChI=1S/C15H15N5O2S/c1-22-13-7-3-2-6-12(13)16-15(21)11(14-17-19-20-18-14)9-10-5-4-8-23-10/h2-8,11H,9H2,1H3,(H,16,21)(H,17,18,19,20).